The molecule has 180 valence electrons. The average Bonchev–Trinajstić information content (AvgIpc) is 3.12. The van der Waals surface area contributed by atoms with E-state index in [1.807, 2.05) is 24.3 Å². The Morgan fingerprint density at radius 1 is 1.06 bits per heavy atom. The summed E-state index contributed by atoms with van der Waals surface area (Å²) in [5.74, 6) is -1.74. The molecule has 1 amide bonds. The van der Waals surface area contributed by atoms with E-state index in [0.29, 0.717) is 27.5 Å². The molecule has 0 saturated carbocycles. The summed E-state index contributed by atoms with van der Waals surface area (Å²) in [7, 11) is 4.13. The summed E-state index contributed by atoms with van der Waals surface area (Å²) in [4.78, 5) is 31.5. The van der Waals surface area contributed by atoms with E-state index in [4.69, 9.17) is 16.6 Å². The SMILES string of the molecule is CN(C)CCCc1ccc(N=C(c2cccc(CC(=O)O)c2)C2C(=O)Nc3cc(Cl)ccc32)cc1. The largest absolute Gasteiger partial charge is 0.481 e. The fourth-order valence-corrected chi connectivity index (χ4v) is 4.46. The van der Waals surface area contributed by atoms with E-state index in [1.165, 1.54) is 5.56 Å². The number of carbonyl (C=O) groups is 2. The van der Waals surface area contributed by atoms with Gasteiger partial charge in [0.25, 0.3) is 0 Å². The number of carboxylic acids is 1. The first-order chi connectivity index (χ1) is 16.8. The van der Waals surface area contributed by atoms with E-state index in [2.05, 4.69) is 36.4 Å². The summed E-state index contributed by atoms with van der Waals surface area (Å²) in [5, 5.41) is 12.7. The van der Waals surface area contributed by atoms with E-state index in [-0.39, 0.29) is 12.3 Å². The molecule has 3 aromatic carbocycles. The van der Waals surface area contributed by atoms with Crippen LogP contribution in [0.1, 0.15) is 34.6 Å². The number of hydrogen-bond acceptors (Lipinski definition) is 4. The van der Waals surface area contributed by atoms with Gasteiger partial charge >= 0.3 is 5.97 Å². The molecule has 0 saturated heterocycles. The zero-order valence-electron chi connectivity index (χ0n) is 19.8. The molecule has 3 aromatic rings. The molecule has 1 atom stereocenters. The zero-order chi connectivity index (χ0) is 24.9. The first-order valence-electron chi connectivity index (χ1n) is 11.5. The van der Waals surface area contributed by atoms with Crippen LogP contribution in [0.4, 0.5) is 11.4 Å². The number of hydrogen-bond donors (Lipinski definition) is 2. The van der Waals surface area contributed by atoms with Crippen molar-refractivity contribution in [2.24, 2.45) is 4.99 Å². The summed E-state index contributed by atoms with van der Waals surface area (Å²) in [6, 6.07) is 20.6. The number of amides is 1. The van der Waals surface area contributed by atoms with Gasteiger partial charge in [0.1, 0.15) is 5.92 Å². The third-order valence-corrected chi connectivity index (χ3v) is 6.19. The number of benzene rings is 3. The van der Waals surface area contributed by atoms with Gasteiger partial charge in [0.2, 0.25) is 5.91 Å². The number of rotatable bonds is 9. The summed E-state index contributed by atoms with van der Waals surface area (Å²) in [5.41, 5.74) is 5.34. The topological polar surface area (TPSA) is 82.0 Å². The molecule has 6 nitrogen and oxygen atoms in total. The van der Waals surface area contributed by atoms with E-state index >= 15 is 0 Å². The van der Waals surface area contributed by atoms with Crippen LogP contribution in [0.15, 0.2) is 71.7 Å². The monoisotopic (exact) mass is 489 g/mol. The maximum absolute atomic E-state index is 13.1. The van der Waals surface area contributed by atoms with Gasteiger partial charge in [-0.15, -0.1) is 0 Å². The van der Waals surface area contributed by atoms with Gasteiger partial charge < -0.3 is 15.3 Å². The van der Waals surface area contributed by atoms with Crippen LogP contribution in [0, 0.1) is 0 Å². The number of aliphatic carboxylic acids is 1. The van der Waals surface area contributed by atoms with Crippen LogP contribution in [-0.2, 0) is 22.4 Å². The van der Waals surface area contributed by atoms with E-state index in [0.717, 1.165) is 30.6 Å². The maximum atomic E-state index is 13.1. The van der Waals surface area contributed by atoms with Gasteiger partial charge in [0.15, 0.2) is 0 Å². The van der Waals surface area contributed by atoms with Crippen molar-refractivity contribution in [3.8, 4) is 0 Å². The van der Waals surface area contributed by atoms with E-state index in [9.17, 15) is 14.7 Å². The Balaban J connectivity index is 1.73. The zero-order valence-corrected chi connectivity index (χ0v) is 20.5. The third-order valence-electron chi connectivity index (χ3n) is 5.95. The van der Waals surface area contributed by atoms with Crippen molar-refractivity contribution in [3.63, 3.8) is 0 Å². The van der Waals surface area contributed by atoms with E-state index < -0.39 is 11.9 Å². The summed E-state index contributed by atoms with van der Waals surface area (Å²) in [6.45, 7) is 1.02. The van der Waals surface area contributed by atoms with Gasteiger partial charge in [-0.25, -0.2) is 0 Å². The molecular weight excluding hydrogens is 462 g/mol. The second-order valence-corrected chi connectivity index (χ2v) is 9.43. The minimum absolute atomic E-state index is 0.105. The van der Waals surface area contributed by atoms with Gasteiger partial charge in [0, 0.05) is 10.7 Å². The number of carboxylic acid groups (broad SMARTS) is 1. The highest BCUT2D eigenvalue weighted by Crippen LogP contribution is 2.38. The van der Waals surface area contributed by atoms with Crippen LogP contribution in [0.3, 0.4) is 0 Å². The molecule has 0 spiro atoms. The molecule has 0 aromatic heterocycles. The Morgan fingerprint density at radius 3 is 2.54 bits per heavy atom. The normalized spacial score (nSPS) is 15.3. The van der Waals surface area contributed by atoms with Crippen LogP contribution in [0.5, 0.6) is 0 Å². The molecule has 0 fully saturated rings. The molecule has 0 aliphatic carbocycles. The lowest BCUT2D eigenvalue weighted by molar-refractivity contribution is -0.136. The lowest BCUT2D eigenvalue weighted by Crippen LogP contribution is -2.22. The number of aliphatic imine (C=N–C) groups is 1. The Hall–Kier alpha value is -3.48. The van der Waals surface area contributed by atoms with Gasteiger partial charge in [-0.05, 0) is 86.1 Å². The standard InChI is InChI=1S/C28H28ClN3O3/c1-32(2)14-4-6-18-8-11-22(12-9-18)30-27(20-7-3-5-19(15-20)16-25(33)34)26-23-13-10-21(29)17-24(23)31-28(26)35/h3,5,7-13,15,17,26H,4,6,14,16H2,1-2H3,(H,31,35)(H,33,34). The lowest BCUT2D eigenvalue weighted by atomic mass is 9.89. The minimum Gasteiger partial charge on any atom is -0.481 e. The van der Waals surface area contributed by atoms with Crippen molar-refractivity contribution in [1.29, 1.82) is 0 Å². The quantitative estimate of drug-likeness (QED) is 0.399. The van der Waals surface area contributed by atoms with E-state index in [1.54, 1.807) is 30.3 Å². The fourth-order valence-electron chi connectivity index (χ4n) is 4.29. The van der Waals surface area contributed by atoms with Crippen molar-refractivity contribution < 1.29 is 14.7 Å². The molecule has 7 heteroatoms. The number of anilines is 1. The molecule has 1 aliphatic heterocycles. The van der Waals surface area contributed by atoms with Gasteiger partial charge in [0.05, 0.1) is 17.8 Å². The highest BCUT2D eigenvalue weighted by Gasteiger charge is 2.35. The summed E-state index contributed by atoms with van der Waals surface area (Å²) in [6.07, 6.45) is 1.94. The lowest BCUT2D eigenvalue weighted by Gasteiger charge is -2.15. The molecule has 1 unspecified atom stereocenters. The molecule has 0 bridgehead atoms. The van der Waals surface area contributed by atoms with Crippen molar-refractivity contribution in [3.05, 3.63) is 94.0 Å². The van der Waals surface area contributed by atoms with Crippen LogP contribution < -0.4 is 5.32 Å². The fraction of sp³-hybridized carbons (Fsp3) is 0.250. The molecule has 4 rings (SSSR count). The molecule has 1 heterocycles. The predicted molar refractivity (Wildman–Crippen MR) is 140 cm³/mol. The van der Waals surface area contributed by atoms with Crippen LogP contribution in [0.25, 0.3) is 0 Å². The van der Waals surface area contributed by atoms with Crippen molar-refractivity contribution in [2.75, 3.05) is 26.0 Å². The highest BCUT2D eigenvalue weighted by atomic mass is 35.5. The smallest absolute Gasteiger partial charge is 0.307 e. The Morgan fingerprint density at radius 2 is 1.83 bits per heavy atom. The Labute approximate surface area is 210 Å². The molecule has 2 N–H and O–H groups in total. The number of carbonyl (C=O) groups excluding carboxylic acids is 1. The average molecular weight is 490 g/mol. The minimum atomic E-state index is -0.913. The summed E-state index contributed by atoms with van der Waals surface area (Å²) >= 11 is 6.14. The summed E-state index contributed by atoms with van der Waals surface area (Å²) < 4.78 is 0. The third kappa shape index (κ3) is 6.15. The highest BCUT2D eigenvalue weighted by molar-refractivity contribution is 6.31. The number of nitrogens with one attached hydrogen (secondary N) is 1. The maximum Gasteiger partial charge on any atom is 0.307 e. The second-order valence-electron chi connectivity index (χ2n) is 9.00. The number of aryl methyl sites for hydroxylation is 1. The Kier molecular flexibility index (Phi) is 7.63. The second kappa shape index (κ2) is 10.8. The first-order valence-corrected chi connectivity index (χ1v) is 11.9. The first kappa shape index (κ1) is 24.6. The van der Waals surface area contributed by atoms with Crippen LogP contribution in [-0.4, -0.2) is 48.2 Å². The molecule has 0 radical (unpaired) electrons. The van der Waals surface area contributed by atoms with Crippen molar-refractivity contribution in [2.45, 2.75) is 25.2 Å². The predicted octanol–water partition coefficient (Wildman–Crippen LogP) is 5.32. The van der Waals surface area contributed by atoms with Crippen molar-refractivity contribution >= 4 is 40.6 Å². The van der Waals surface area contributed by atoms with Gasteiger partial charge in [-0.1, -0.05) is 48.0 Å². The molecular formula is C28H28ClN3O3. The number of halogens is 1. The molecule has 35 heavy (non-hydrogen) atoms. The number of fused-ring (bicyclic) bond motifs is 1. The Bertz CT molecular complexity index is 1270. The number of nitrogens with zero attached hydrogens (tertiary/aromatic N) is 2. The van der Waals surface area contributed by atoms with Gasteiger partial charge in [-0.3, -0.25) is 14.6 Å². The van der Waals surface area contributed by atoms with Gasteiger partial charge in [-0.2, -0.15) is 0 Å². The van der Waals surface area contributed by atoms with Crippen LogP contribution in [0.2, 0.25) is 5.02 Å². The van der Waals surface area contributed by atoms with Crippen LogP contribution >= 0.6 is 11.6 Å². The van der Waals surface area contributed by atoms with Crippen molar-refractivity contribution in [1.82, 2.24) is 4.90 Å². The molecule has 1 aliphatic rings.